The van der Waals surface area contributed by atoms with Crippen LogP contribution in [0.3, 0.4) is 0 Å². The van der Waals surface area contributed by atoms with Crippen LogP contribution in [0.25, 0.3) is 0 Å². The average Bonchev–Trinajstić information content (AvgIpc) is 2.90. The van der Waals surface area contributed by atoms with Crippen molar-refractivity contribution in [3.63, 3.8) is 0 Å². The Hall–Kier alpha value is -1.28. The Morgan fingerprint density at radius 1 is 1.10 bits per heavy atom. The van der Waals surface area contributed by atoms with Gasteiger partial charge >= 0.3 is 0 Å². The van der Waals surface area contributed by atoms with Crippen molar-refractivity contribution < 1.29 is 0 Å². The number of aryl methyl sites for hydroxylation is 3. The molecule has 0 aliphatic heterocycles. The van der Waals surface area contributed by atoms with E-state index in [1.165, 1.54) is 22.5 Å². The average molecular weight is 305 g/mol. The molecule has 1 atom stereocenters. The fraction of sp³-hybridized carbons (Fsp3) is 0.500. The molecular formula is C18H25ClN2. The van der Waals surface area contributed by atoms with Gasteiger partial charge in [0.1, 0.15) is 0 Å². The first-order chi connectivity index (χ1) is 10.2. The zero-order valence-electron chi connectivity index (χ0n) is 13.3. The predicted molar refractivity (Wildman–Crippen MR) is 90.0 cm³/mol. The van der Waals surface area contributed by atoms with Gasteiger partial charge in [0, 0.05) is 17.8 Å². The number of hydrogen-bond acceptors (Lipinski definition) is 1. The number of benzene rings is 1. The second-order valence-corrected chi connectivity index (χ2v) is 5.88. The number of halogens is 1. The summed E-state index contributed by atoms with van der Waals surface area (Å²) >= 11 is 6.54. The second-order valence-electron chi connectivity index (χ2n) is 5.35. The molecule has 1 heterocycles. The summed E-state index contributed by atoms with van der Waals surface area (Å²) in [4.78, 5) is 0. The molecule has 1 aromatic carbocycles. The van der Waals surface area contributed by atoms with Crippen molar-refractivity contribution in [2.75, 3.05) is 0 Å². The summed E-state index contributed by atoms with van der Waals surface area (Å²) < 4.78 is 2.17. The molecule has 2 rings (SSSR count). The van der Waals surface area contributed by atoms with Gasteiger partial charge in [-0.3, -0.25) is 4.68 Å². The molecule has 114 valence electrons. The molecule has 0 radical (unpaired) electrons. The lowest BCUT2D eigenvalue weighted by molar-refractivity contribution is 0.580. The van der Waals surface area contributed by atoms with Crippen molar-refractivity contribution >= 4 is 11.6 Å². The summed E-state index contributed by atoms with van der Waals surface area (Å²) in [7, 11) is 0. The zero-order valence-corrected chi connectivity index (χ0v) is 14.0. The highest BCUT2D eigenvalue weighted by Crippen LogP contribution is 2.31. The first kappa shape index (κ1) is 16.1. The van der Waals surface area contributed by atoms with E-state index in [-0.39, 0.29) is 5.38 Å². The van der Waals surface area contributed by atoms with Crippen molar-refractivity contribution in [2.45, 2.75) is 58.4 Å². The van der Waals surface area contributed by atoms with Crippen molar-refractivity contribution in [1.29, 1.82) is 0 Å². The molecule has 0 amide bonds. The minimum atomic E-state index is 0.0837. The monoisotopic (exact) mass is 304 g/mol. The van der Waals surface area contributed by atoms with Crippen molar-refractivity contribution in [3.8, 4) is 0 Å². The summed E-state index contributed by atoms with van der Waals surface area (Å²) in [5, 5.41) is 4.90. The van der Waals surface area contributed by atoms with Crippen LogP contribution >= 0.6 is 11.6 Å². The minimum Gasteiger partial charge on any atom is -0.269 e. The molecule has 21 heavy (non-hydrogen) atoms. The number of aromatic nitrogens is 2. The van der Waals surface area contributed by atoms with Crippen LogP contribution in [0.15, 0.2) is 30.3 Å². The zero-order chi connectivity index (χ0) is 15.2. The lowest BCUT2D eigenvalue weighted by Crippen LogP contribution is -2.08. The maximum atomic E-state index is 6.54. The van der Waals surface area contributed by atoms with Crippen LogP contribution in [0, 0.1) is 0 Å². The predicted octanol–water partition coefficient (Wildman–Crippen LogP) is 4.94. The van der Waals surface area contributed by atoms with Gasteiger partial charge in [0.05, 0.1) is 11.1 Å². The molecule has 1 aromatic heterocycles. The summed E-state index contributed by atoms with van der Waals surface area (Å²) in [5.74, 6) is 0. The molecule has 0 aliphatic carbocycles. The number of rotatable bonds is 7. The van der Waals surface area contributed by atoms with E-state index in [9.17, 15) is 0 Å². The molecule has 2 aromatic rings. The van der Waals surface area contributed by atoms with E-state index >= 15 is 0 Å². The van der Waals surface area contributed by atoms with Gasteiger partial charge < -0.3 is 0 Å². The van der Waals surface area contributed by atoms with Crippen LogP contribution in [0.5, 0.6) is 0 Å². The highest BCUT2D eigenvalue weighted by molar-refractivity contribution is 6.20. The van der Waals surface area contributed by atoms with E-state index in [4.69, 9.17) is 16.7 Å². The Morgan fingerprint density at radius 3 is 2.38 bits per heavy atom. The van der Waals surface area contributed by atoms with E-state index in [2.05, 4.69) is 55.8 Å². The highest BCUT2D eigenvalue weighted by atomic mass is 35.5. The van der Waals surface area contributed by atoms with E-state index < -0.39 is 0 Å². The van der Waals surface area contributed by atoms with Gasteiger partial charge in [0.15, 0.2) is 0 Å². The third-order valence-corrected chi connectivity index (χ3v) is 4.50. The third kappa shape index (κ3) is 3.68. The second kappa shape index (κ2) is 7.65. The largest absolute Gasteiger partial charge is 0.269 e. The van der Waals surface area contributed by atoms with Gasteiger partial charge in [0.25, 0.3) is 0 Å². The number of nitrogens with zero attached hydrogens (tertiary/aromatic N) is 2. The number of alkyl halides is 1. The van der Waals surface area contributed by atoms with Gasteiger partial charge in [-0.1, -0.05) is 51.1 Å². The van der Waals surface area contributed by atoms with Gasteiger partial charge in [-0.2, -0.15) is 5.10 Å². The summed E-state index contributed by atoms with van der Waals surface area (Å²) in [6.45, 7) is 7.41. The third-order valence-electron chi connectivity index (χ3n) is 3.97. The van der Waals surface area contributed by atoms with Crippen LogP contribution in [-0.4, -0.2) is 9.78 Å². The van der Waals surface area contributed by atoms with Gasteiger partial charge in [-0.15, -0.1) is 11.6 Å². The standard InChI is InChI=1S/C18H25ClN2/c1-4-15(19)18-16(5-2)20-21(17(18)6-3)13-12-14-10-8-7-9-11-14/h7-11,15H,4-6,12-13H2,1-3H3. The molecule has 0 bridgehead atoms. The fourth-order valence-corrected chi connectivity index (χ4v) is 3.08. The molecule has 0 saturated carbocycles. The normalized spacial score (nSPS) is 12.6. The molecule has 0 spiro atoms. The maximum absolute atomic E-state index is 6.54. The van der Waals surface area contributed by atoms with Crippen LogP contribution in [0.1, 0.15) is 55.1 Å². The smallest absolute Gasteiger partial charge is 0.0671 e. The van der Waals surface area contributed by atoms with Gasteiger partial charge in [-0.25, -0.2) is 0 Å². The Labute approximate surface area is 133 Å². The Morgan fingerprint density at radius 2 is 1.81 bits per heavy atom. The molecule has 0 aliphatic rings. The SMILES string of the molecule is CCc1nn(CCc2ccccc2)c(CC)c1C(Cl)CC. The molecule has 3 heteroatoms. The van der Waals surface area contributed by atoms with E-state index in [1.807, 2.05) is 0 Å². The highest BCUT2D eigenvalue weighted by Gasteiger charge is 2.20. The molecule has 2 nitrogen and oxygen atoms in total. The van der Waals surface area contributed by atoms with Gasteiger partial charge in [0.2, 0.25) is 0 Å². The molecule has 0 saturated heterocycles. The van der Waals surface area contributed by atoms with E-state index in [1.54, 1.807) is 0 Å². The molecule has 0 fully saturated rings. The van der Waals surface area contributed by atoms with Crippen LogP contribution in [0.2, 0.25) is 0 Å². The van der Waals surface area contributed by atoms with Crippen molar-refractivity contribution in [3.05, 3.63) is 52.8 Å². The Balaban J connectivity index is 2.25. The van der Waals surface area contributed by atoms with Crippen LogP contribution in [0.4, 0.5) is 0 Å². The quantitative estimate of drug-likeness (QED) is 0.662. The van der Waals surface area contributed by atoms with Crippen LogP contribution in [-0.2, 0) is 25.8 Å². The van der Waals surface area contributed by atoms with Gasteiger partial charge in [-0.05, 0) is 31.2 Å². The summed E-state index contributed by atoms with van der Waals surface area (Å²) in [6.07, 6.45) is 3.90. The lowest BCUT2D eigenvalue weighted by atomic mass is 10.0. The lowest BCUT2D eigenvalue weighted by Gasteiger charge is -2.11. The molecular weight excluding hydrogens is 280 g/mol. The minimum absolute atomic E-state index is 0.0837. The first-order valence-corrected chi connectivity index (χ1v) is 8.41. The number of hydrogen-bond donors (Lipinski definition) is 0. The van der Waals surface area contributed by atoms with E-state index in [0.29, 0.717) is 0 Å². The van der Waals surface area contributed by atoms with Crippen molar-refractivity contribution in [1.82, 2.24) is 9.78 Å². The van der Waals surface area contributed by atoms with Crippen molar-refractivity contribution in [2.24, 2.45) is 0 Å². The van der Waals surface area contributed by atoms with E-state index in [0.717, 1.165) is 32.2 Å². The Bertz CT molecular complexity index is 560. The topological polar surface area (TPSA) is 17.8 Å². The summed E-state index contributed by atoms with van der Waals surface area (Å²) in [5.41, 5.74) is 5.11. The first-order valence-electron chi connectivity index (χ1n) is 7.97. The fourth-order valence-electron chi connectivity index (χ4n) is 2.83. The molecule has 1 unspecified atom stereocenters. The molecule has 0 N–H and O–H groups in total. The Kier molecular flexibility index (Phi) is 5.86. The summed E-state index contributed by atoms with van der Waals surface area (Å²) in [6, 6.07) is 10.6. The maximum Gasteiger partial charge on any atom is 0.0671 e. The van der Waals surface area contributed by atoms with Crippen LogP contribution < -0.4 is 0 Å².